The Balaban J connectivity index is 2.37. The highest BCUT2D eigenvalue weighted by molar-refractivity contribution is 5.98. The molecular weight excluding hydrogens is 228 g/mol. The molecule has 0 bridgehead atoms. The molecule has 0 N–H and O–H groups in total. The number of carbonyl (C=O) groups is 1. The zero-order valence-electron chi connectivity index (χ0n) is 10.6. The lowest BCUT2D eigenvalue weighted by Crippen LogP contribution is -2.33. The van der Waals surface area contributed by atoms with E-state index in [2.05, 4.69) is 6.07 Å². The van der Waals surface area contributed by atoms with Crippen LogP contribution < -0.4 is 9.64 Å². The number of para-hydroxylation sites is 2. The van der Waals surface area contributed by atoms with Crippen LogP contribution in [0.25, 0.3) is 0 Å². The topological polar surface area (TPSA) is 53.3 Å². The zero-order chi connectivity index (χ0) is 13.1. The SMILES string of the molecule is CCOc1ccccc1N1C(=O)CC(C#N)C1C. The first-order chi connectivity index (χ1) is 8.69. The summed E-state index contributed by atoms with van der Waals surface area (Å²) in [6.07, 6.45) is 0.290. The van der Waals surface area contributed by atoms with Gasteiger partial charge in [0.05, 0.1) is 30.3 Å². The number of nitrogens with zero attached hydrogens (tertiary/aromatic N) is 2. The molecule has 1 fully saturated rings. The number of ether oxygens (including phenoxy) is 1. The Morgan fingerprint density at radius 1 is 1.50 bits per heavy atom. The summed E-state index contributed by atoms with van der Waals surface area (Å²) in [5, 5.41) is 9.03. The van der Waals surface area contributed by atoms with Crippen molar-refractivity contribution in [3.8, 4) is 11.8 Å². The summed E-state index contributed by atoms with van der Waals surface area (Å²) in [5.74, 6) is 0.437. The second-order valence-corrected chi connectivity index (χ2v) is 4.34. The predicted octanol–water partition coefficient (Wildman–Crippen LogP) is 2.35. The molecule has 0 spiro atoms. The smallest absolute Gasteiger partial charge is 0.228 e. The van der Waals surface area contributed by atoms with Gasteiger partial charge in [-0.1, -0.05) is 12.1 Å². The van der Waals surface area contributed by atoms with Crippen LogP contribution in [0, 0.1) is 17.2 Å². The van der Waals surface area contributed by atoms with Crippen molar-refractivity contribution >= 4 is 11.6 Å². The van der Waals surface area contributed by atoms with E-state index in [0.717, 1.165) is 5.69 Å². The van der Waals surface area contributed by atoms with E-state index in [0.29, 0.717) is 12.4 Å². The molecule has 0 aromatic heterocycles. The molecule has 4 nitrogen and oxygen atoms in total. The first-order valence-electron chi connectivity index (χ1n) is 6.12. The molecule has 0 radical (unpaired) electrons. The molecule has 4 heteroatoms. The monoisotopic (exact) mass is 244 g/mol. The van der Waals surface area contributed by atoms with Gasteiger partial charge in [-0.2, -0.15) is 5.26 Å². The van der Waals surface area contributed by atoms with Gasteiger partial charge in [-0.3, -0.25) is 4.79 Å². The maximum absolute atomic E-state index is 12.0. The number of anilines is 1. The van der Waals surface area contributed by atoms with E-state index in [4.69, 9.17) is 10.00 Å². The van der Waals surface area contributed by atoms with Crippen LogP contribution in [0.15, 0.2) is 24.3 Å². The number of benzene rings is 1. The molecule has 18 heavy (non-hydrogen) atoms. The Kier molecular flexibility index (Phi) is 3.52. The van der Waals surface area contributed by atoms with Gasteiger partial charge >= 0.3 is 0 Å². The van der Waals surface area contributed by atoms with Crippen LogP contribution in [0.3, 0.4) is 0 Å². The lowest BCUT2D eigenvalue weighted by molar-refractivity contribution is -0.117. The standard InChI is InChI=1S/C14H16N2O2/c1-3-18-13-7-5-4-6-12(13)16-10(2)11(9-15)8-14(16)17/h4-7,10-11H,3,8H2,1-2H3. The van der Waals surface area contributed by atoms with Gasteiger partial charge in [0, 0.05) is 6.42 Å². The Morgan fingerprint density at radius 3 is 2.83 bits per heavy atom. The average Bonchev–Trinajstić information content (AvgIpc) is 2.66. The number of rotatable bonds is 3. The van der Waals surface area contributed by atoms with Crippen LogP contribution in [0.1, 0.15) is 20.3 Å². The van der Waals surface area contributed by atoms with Gasteiger partial charge < -0.3 is 9.64 Å². The van der Waals surface area contributed by atoms with E-state index in [1.807, 2.05) is 38.1 Å². The lowest BCUT2D eigenvalue weighted by atomic mass is 10.0. The third-order valence-electron chi connectivity index (χ3n) is 3.24. The Bertz CT molecular complexity index is 493. The molecule has 1 amide bonds. The van der Waals surface area contributed by atoms with Gasteiger partial charge in [-0.05, 0) is 26.0 Å². The summed E-state index contributed by atoms with van der Waals surface area (Å²) in [4.78, 5) is 13.7. The number of hydrogen-bond donors (Lipinski definition) is 0. The summed E-state index contributed by atoms with van der Waals surface area (Å²) in [5.41, 5.74) is 0.759. The number of amides is 1. The van der Waals surface area contributed by atoms with E-state index in [-0.39, 0.29) is 24.3 Å². The lowest BCUT2D eigenvalue weighted by Gasteiger charge is -2.24. The molecule has 1 aliphatic heterocycles. The van der Waals surface area contributed by atoms with Crippen molar-refractivity contribution < 1.29 is 9.53 Å². The van der Waals surface area contributed by atoms with Crippen molar-refractivity contribution in [2.75, 3.05) is 11.5 Å². The van der Waals surface area contributed by atoms with Gasteiger partial charge in [-0.25, -0.2) is 0 Å². The molecular formula is C14H16N2O2. The van der Waals surface area contributed by atoms with Gasteiger partial charge in [0.25, 0.3) is 0 Å². The fourth-order valence-corrected chi connectivity index (χ4v) is 2.31. The molecule has 2 rings (SSSR count). The highest BCUT2D eigenvalue weighted by Gasteiger charge is 2.38. The first kappa shape index (κ1) is 12.4. The molecule has 94 valence electrons. The quantitative estimate of drug-likeness (QED) is 0.820. The predicted molar refractivity (Wildman–Crippen MR) is 68.3 cm³/mol. The van der Waals surface area contributed by atoms with Crippen LogP contribution in [0.4, 0.5) is 5.69 Å². The van der Waals surface area contributed by atoms with Crippen LogP contribution in [-0.2, 0) is 4.79 Å². The molecule has 2 atom stereocenters. The minimum atomic E-state index is -0.243. The average molecular weight is 244 g/mol. The maximum Gasteiger partial charge on any atom is 0.228 e. The fraction of sp³-hybridized carbons (Fsp3) is 0.429. The number of hydrogen-bond acceptors (Lipinski definition) is 3. The van der Waals surface area contributed by atoms with E-state index in [1.54, 1.807) is 4.90 Å². The highest BCUT2D eigenvalue weighted by atomic mass is 16.5. The summed E-state index contributed by atoms with van der Waals surface area (Å²) in [7, 11) is 0. The van der Waals surface area contributed by atoms with Crippen LogP contribution >= 0.6 is 0 Å². The van der Waals surface area contributed by atoms with Crippen LogP contribution in [0.2, 0.25) is 0 Å². The molecule has 1 heterocycles. The Morgan fingerprint density at radius 2 is 2.22 bits per heavy atom. The van der Waals surface area contributed by atoms with Crippen molar-refractivity contribution in [2.24, 2.45) is 5.92 Å². The number of nitriles is 1. The van der Waals surface area contributed by atoms with Crippen LogP contribution in [-0.4, -0.2) is 18.6 Å². The van der Waals surface area contributed by atoms with Crippen molar-refractivity contribution in [3.63, 3.8) is 0 Å². The van der Waals surface area contributed by atoms with Crippen molar-refractivity contribution in [1.82, 2.24) is 0 Å². The van der Waals surface area contributed by atoms with Gasteiger partial charge in [0.1, 0.15) is 5.75 Å². The zero-order valence-corrected chi connectivity index (χ0v) is 10.6. The minimum Gasteiger partial charge on any atom is -0.492 e. The van der Waals surface area contributed by atoms with Gasteiger partial charge in [0.2, 0.25) is 5.91 Å². The summed E-state index contributed by atoms with van der Waals surface area (Å²) >= 11 is 0. The molecule has 1 saturated heterocycles. The maximum atomic E-state index is 12.0. The first-order valence-corrected chi connectivity index (χ1v) is 6.12. The third-order valence-corrected chi connectivity index (χ3v) is 3.24. The third kappa shape index (κ3) is 2.04. The summed E-state index contributed by atoms with van der Waals surface area (Å²) < 4.78 is 5.54. The normalized spacial score (nSPS) is 22.9. The van der Waals surface area contributed by atoms with Gasteiger partial charge in [-0.15, -0.1) is 0 Å². The largest absolute Gasteiger partial charge is 0.492 e. The molecule has 0 aliphatic carbocycles. The minimum absolute atomic E-state index is 0.0128. The van der Waals surface area contributed by atoms with Crippen LogP contribution in [0.5, 0.6) is 5.75 Å². The fourth-order valence-electron chi connectivity index (χ4n) is 2.31. The van der Waals surface area contributed by atoms with Crippen molar-refractivity contribution in [3.05, 3.63) is 24.3 Å². The second-order valence-electron chi connectivity index (χ2n) is 4.34. The Labute approximate surface area is 107 Å². The van der Waals surface area contributed by atoms with E-state index >= 15 is 0 Å². The van der Waals surface area contributed by atoms with Crippen molar-refractivity contribution in [2.45, 2.75) is 26.3 Å². The molecule has 1 aromatic rings. The van der Waals surface area contributed by atoms with E-state index in [9.17, 15) is 4.79 Å². The summed E-state index contributed by atoms with van der Waals surface area (Å²) in [6, 6.07) is 9.54. The molecule has 1 aromatic carbocycles. The van der Waals surface area contributed by atoms with E-state index < -0.39 is 0 Å². The number of carbonyl (C=O) groups excluding carboxylic acids is 1. The van der Waals surface area contributed by atoms with Gasteiger partial charge in [0.15, 0.2) is 0 Å². The Hall–Kier alpha value is -2.02. The van der Waals surface area contributed by atoms with Crippen molar-refractivity contribution in [1.29, 1.82) is 5.26 Å². The van der Waals surface area contributed by atoms with E-state index in [1.165, 1.54) is 0 Å². The molecule has 2 unspecified atom stereocenters. The highest BCUT2D eigenvalue weighted by Crippen LogP contribution is 2.36. The molecule has 1 aliphatic rings. The molecule has 0 saturated carbocycles. The summed E-state index contributed by atoms with van der Waals surface area (Å²) in [6.45, 7) is 4.36. The second kappa shape index (κ2) is 5.09.